The van der Waals surface area contributed by atoms with E-state index in [1.807, 2.05) is 13.8 Å². The summed E-state index contributed by atoms with van der Waals surface area (Å²) in [4.78, 5) is 0. The van der Waals surface area contributed by atoms with E-state index in [1.165, 1.54) is 0 Å². The third kappa shape index (κ3) is 2.73. The van der Waals surface area contributed by atoms with E-state index in [2.05, 4.69) is 5.10 Å². The standard InChI is InChI=1S/C10H19N3O/c1-7(2)9-8(11)5-13(12-9)6-10(3,4)14/h5,7,14H,6,11H2,1-4H3. The van der Waals surface area contributed by atoms with Crippen LogP contribution in [-0.2, 0) is 6.54 Å². The molecule has 0 atom stereocenters. The number of rotatable bonds is 3. The molecular formula is C10H19N3O. The lowest BCUT2D eigenvalue weighted by Crippen LogP contribution is -2.26. The van der Waals surface area contributed by atoms with Gasteiger partial charge in [0.15, 0.2) is 0 Å². The maximum atomic E-state index is 9.61. The molecule has 0 unspecified atom stereocenters. The summed E-state index contributed by atoms with van der Waals surface area (Å²) in [6.45, 7) is 8.06. The highest BCUT2D eigenvalue weighted by Crippen LogP contribution is 2.20. The summed E-state index contributed by atoms with van der Waals surface area (Å²) in [5.41, 5.74) is 6.63. The van der Waals surface area contributed by atoms with Crippen LogP contribution >= 0.6 is 0 Å². The molecule has 1 heterocycles. The second-order valence-electron chi connectivity index (χ2n) is 4.63. The zero-order valence-corrected chi connectivity index (χ0v) is 9.28. The lowest BCUT2D eigenvalue weighted by Gasteiger charge is -2.16. The predicted octanol–water partition coefficient (Wildman–Crippen LogP) is 1.36. The van der Waals surface area contributed by atoms with Crippen LogP contribution in [0.15, 0.2) is 6.20 Å². The fourth-order valence-electron chi connectivity index (χ4n) is 1.38. The van der Waals surface area contributed by atoms with Gasteiger partial charge in [-0.15, -0.1) is 0 Å². The Kier molecular flexibility index (Phi) is 2.85. The van der Waals surface area contributed by atoms with Gasteiger partial charge in [0.05, 0.1) is 23.5 Å². The third-order valence-corrected chi connectivity index (χ3v) is 1.92. The Labute approximate surface area is 84.7 Å². The van der Waals surface area contributed by atoms with Gasteiger partial charge in [-0.05, 0) is 19.8 Å². The zero-order chi connectivity index (χ0) is 10.9. The Morgan fingerprint density at radius 2 is 2.14 bits per heavy atom. The van der Waals surface area contributed by atoms with Crippen molar-refractivity contribution in [1.82, 2.24) is 9.78 Å². The SMILES string of the molecule is CC(C)c1nn(CC(C)(C)O)cc1N. The Balaban J connectivity index is 2.86. The average molecular weight is 197 g/mol. The van der Waals surface area contributed by atoms with Crippen LogP contribution in [0, 0.1) is 0 Å². The molecule has 0 saturated heterocycles. The third-order valence-electron chi connectivity index (χ3n) is 1.92. The van der Waals surface area contributed by atoms with E-state index in [0.29, 0.717) is 18.2 Å². The van der Waals surface area contributed by atoms with E-state index >= 15 is 0 Å². The lowest BCUT2D eigenvalue weighted by molar-refractivity contribution is 0.0576. The first-order chi connectivity index (χ1) is 6.29. The summed E-state index contributed by atoms with van der Waals surface area (Å²) in [6.07, 6.45) is 1.77. The molecule has 1 rings (SSSR count). The summed E-state index contributed by atoms with van der Waals surface area (Å²) in [7, 11) is 0. The molecule has 0 fully saturated rings. The van der Waals surface area contributed by atoms with Gasteiger partial charge in [0.1, 0.15) is 0 Å². The molecule has 0 radical (unpaired) electrons. The second-order valence-corrected chi connectivity index (χ2v) is 4.63. The molecule has 0 spiro atoms. The van der Waals surface area contributed by atoms with Crippen molar-refractivity contribution in [2.45, 2.75) is 45.8 Å². The van der Waals surface area contributed by atoms with E-state index < -0.39 is 5.60 Å². The first-order valence-electron chi connectivity index (χ1n) is 4.85. The van der Waals surface area contributed by atoms with Crippen LogP contribution in [0.5, 0.6) is 0 Å². The van der Waals surface area contributed by atoms with Crippen molar-refractivity contribution >= 4 is 5.69 Å². The Morgan fingerprint density at radius 3 is 2.50 bits per heavy atom. The number of nitrogens with zero attached hydrogens (tertiary/aromatic N) is 2. The number of hydrogen-bond donors (Lipinski definition) is 2. The molecule has 1 aromatic rings. The topological polar surface area (TPSA) is 64.1 Å². The van der Waals surface area contributed by atoms with E-state index in [9.17, 15) is 5.11 Å². The number of aliphatic hydroxyl groups is 1. The number of nitrogen functional groups attached to an aromatic ring is 1. The first kappa shape index (κ1) is 11.0. The summed E-state index contributed by atoms with van der Waals surface area (Å²) in [6, 6.07) is 0. The molecule has 0 aromatic carbocycles. The smallest absolute Gasteiger partial charge is 0.0879 e. The highest BCUT2D eigenvalue weighted by atomic mass is 16.3. The minimum absolute atomic E-state index is 0.318. The Bertz CT molecular complexity index is 310. The van der Waals surface area contributed by atoms with Crippen LogP contribution in [0.2, 0.25) is 0 Å². The number of hydrogen-bond acceptors (Lipinski definition) is 3. The van der Waals surface area contributed by atoms with Crippen LogP contribution in [0.1, 0.15) is 39.3 Å². The van der Waals surface area contributed by atoms with Gasteiger partial charge >= 0.3 is 0 Å². The van der Waals surface area contributed by atoms with Gasteiger partial charge in [-0.25, -0.2) is 0 Å². The largest absolute Gasteiger partial charge is 0.396 e. The van der Waals surface area contributed by atoms with Crippen LogP contribution in [-0.4, -0.2) is 20.5 Å². The van der Waals surface area contributed by atoms with Crippen LogP contribution in [0.4, 0.5) is 5.69 Å². The molecule has 80 valence electrons. The normalized spacial score (nSPS) is 12.4. The average Bonchev–Trinajstić information content (AvgIpc) is 2.26. The van der Waals surface area contributed by atoms with E-state index in [0.717, 1.165) is 5.69 Å². The van der Waals surface area contributed by atoms with Gasteiger partial charge in [0.25, 0.3) is 0 Å². The molecule has 0 aliphatic carbocycles. The maximum Gasteiger partial charge on any atom is 0.0879 e. The zero-order valence-electron chi connectivity index (χ0n) is 9.28. The van der Waals surface area contributed by atoms with Crippen molar-refractivity contribution in [2.24, 2.45) is 0 Å². The predicted molar refractivity (Wildman–Crippen MR) is 57.0 cm³/mol. The molecule has 0 aliphatic rings. The van der Waals surface area contributed by atoms with Gasteiger partial charge in [-0.2, -0.15) is 5.10 Å². The summed E-state index contributed by atoms with van der Waals surface area (Å²) >= 11 is 0. The van der Waals surface area contributed by atoms with Crippen LogP contribution in [0.25, 0.3) is 0 Å². The molecule has 0 bridgehead atoms. The minimum atomic E-state index is -0.757. The van der Waals surface area contributed by atoms with Crippen molar-refractivity contribution in [3.8, 4) is 0 Å². The molecule has 1 aromatic heterocycles. The van der Waals surface area contributed by atoms with Gasteiger partial charge < -0.3 is 10.8 Å². The van der Waals surface area contributed by atoms with Crippen LogP contribution in [0.3, 0.4) is 0 Å². The highest BCUT2D eigenvalue weighted by Gasteiger charge is 2.16. The molecule has 14 heavy (non-hydrogen) atoms. The van der Waals surface area contributed by atoms with Crippen LogP contribution < -0.4 is 5.73 Å². The number of anilines is 1. The summed E-state index contributed by atoms with van der Waals surface area (Å²) < 4.78 is 1.70. The second kappa shape index (κ2) is 3.61. The van der Waals surface area contributed by atoms with Gasteiger partial charge in [0, 0.05) is 6.20 Å². The molecule has 0 amide bonds. The number of nitrogens with two attached hydrogens (primary N) is 1. The molecule has 3 N–H and O–H groups in total. The summed E-state index contributed by atoms with van der Waals surface area (Å²) in [5.74, 6) is 0.318. The Hall–Kier alpha value is -1.03. The monoisotopic (exact) mass is 197 g/mol. The fraction of sp³-hybridized carbons (Fsp3) is 0.700. The maximum absolute atomic E-state index is 9.61. The Morgan fingerprint density at radius 1 is 1.57 bits per heavy atom. The molecule has 4 heteroatoms. The van der Waals surface area contributed by atoms with Crippen molar-refractivity contribution in [1.29, 1.82) is 0 Å². The van der Waals surface area contributed by atoms with Crippen molar-refractivity contribution in [2.75, 3.05) is 5.73 Å². The minimum Gasteiger partial charge on any atom is -0.396 e. The summed E-state index contributed by atoms with van der Waals surface area (Å²) in [5, 5.41) is 13.9. The quantitative estimate of drug-likeness (QED) is 0.769. The van der Waals surface area contributed by atoms with Crippen molar-refractivity contribution < 1.29 is 5.11 Å². The molecule has 0 aliphatic heterocycles. The van der Waals surface area contributed by atoms with Gasteiger partial charge in [-0.3, -0.25) is 4.68 Å². The lowest BCUT2D eigenvalue weighted by atomic mass is 10.1. The van der Waals surface area contributed by atoms with Crippen molar-refractivity contribution in [3.05, 3.63) is 11.9 Å². The van der Waals surface area contributed by atoms with Gasteiger partial charge in [0.2, 0.25) is 0 Å². The number of aromatic nitrogens is 2. The van der Waals surface area contributed by atoms with Crippen molar-refractivity contribution in [3.63, 3.8) is 0 Å². The van der Waals surface area contributed by atoms with E-state index in [1.54, 1.807) is 24.7 Å². The van der Waals surface area contributed by atoms with E-state index in [-0.39, 0.29) is 0 Å². The molecule has 4 nitrogen and oxygen atoms in total. The van der Waals surface area contributed by atoms with E-state index in [4.69, 9.17) is 5.73 Å². The molecular weight excluding hydrogens is 178 g/mol. The molecule has 0 saturated carbocycles. The first-order valence-corrected chi connectivity index (χ1v) is 4.85. The fourth-order valence-corrected chi connectivity index (χ4v) is 1.38. The highest BCUT2D eigenvalue weighted by molar-refractivity contribution is 5.42. The van der Waals surface area contributed by atoms with Gasteiger partial charge in [-0.1, -0.05) is 13.8 Å².